The zero-order valence-corrected chi connectivity index (χ0v) is 10.5. The highest BCUT2D eigenvalue weighted by molar-refractivity contribution is 6.32. The molecule has 5 heteroatoms. The van der Waals surface area contributed by atoms with Gasteiger partial charge in [0.15, 0.2) is 6.61 Å². The van der Waals surface area contributed by atoms with E-state index in [0.717, 1.165) is 12.8 Å². The Hall–Kier alpha value is -1.42. The quantitative estimate of drug-likeness (QED) is 0.483. The first-order valence-electron chi connectivity index (χ1n) is 5.47. The third kappa shape index (κ3) is 4.95. The van der Waals surface area contributed by atoms with E-state index >= 15 is 0 Å². The van der Waals surface area contributed by atoms with Crippen LogP contribution >= 0.6 is 11.6 Å². The minimum Gasteiger partial charge on any atom is -0.480 e. The molecule has 0 bridgehead atoms. The van der Waals surface area contributed by atoms with E-state index in [0.29, 0.717) is 23.1 Å². The number of carbonyl (C=O) groups is 1. The summed E-state index contributed by atoms with van der Waals surface area (Å²) in [6, 6.07) is 4.85. The van der Waals surface area contributed by atoms with Crippen LogP contribution < -0.4 is 10.5 Å². The Labute approximate surface area is 106 Å². The van der Waals surface area contributed by atoms with Crippen LogP contribution in [0.5, 0.6) is 5.75 Å². The highest BCUT2D eigenvalue weighted by Gasteiger charge is 2.06. The molecule has 1 aromatic carbocycles. The van der Waals surface area contributed by atoms with Gasteiger partial charge in [0.25, 0.3) is 0 Å². The smallest absolute Gasteiger partial charge is 0.344 e. The summed E-state index contributed by atoms with van der Waals surface area (Å²) >= 11 is 5.88. The maximum Gasteiger partial charge on any atom is 0.344 e. The number of nitrogen functional groups attached to an aromatic ring is 1. The van der Waals surface area contributed by atoms with Gasteiger partial charge in [0.2, 0.25) is 0 Å². The number of esters is 1. The summed E-state index contributed by atoms with van der Waals surface area (Å²) in [4.78, 5) is 11.3. The molecule has 4 nitrogen and oxygen atoms in total. The lowest BCUT2D eigenvalue weighted by Crippen LogP contribution is -2.15. The van der Waals surface area contributed by atoms with E-state index < -0.39 is 5.97 Å². The molecule has 0 atom stereocenters. The minimum atomic E-state index is -0.397. The third-order valence-corrected chi connectivity index (χ3v) is 2.36. The molecule has 94 valence electrons. The molecule has 1 rings (SSSR count). The zero-order chi connectivity index (χ0) is 12.7. The van der Waals surface area contributed by atoms with Crippen LogP contribution in [0.25, 0.3) is 0 Å². The molecule has 0 aliphatic heterocycles. The number of ether oxygens (including phenoxy) is 2. The zero-order valence-electron chi connectivity index (χ0n) is 9.74. The summed E-state index contributed by atoms with van der Waals surface area (Å²) in [5, 5.41) is 0.381. The number of anilines is 1. The van der Waals surface area contributed by atoms with Crippen LogP contribution in [-0.4, -0.2) is 19.2 Å². The number of rotatable bonds is 6. The lowest BCUT2D eigenvalue weighted by molar-refractivity contribution is -0.146. The van der Waals surface area contributed by atoms with Gasteiger partial charge < -0.3 is 15.2 Å². The Morgan fingerprint density at radius 2 is 2.24 bits per heavy atom. The van der Waals surface area contributed by atoms with Gasteiger partial charge in [0.1, 0.15) is 5.75 Å². The Morgan fingerprint density at radius 3 is 2.88 bits per heavy atom. The van der Waals surface area contributed by atoms with Crippen LogP contribution in [0.1, 0.15) is 19.8 Å². The second kappa shape index (κ2) is 7.01. The predicted octanol–water partition coefficient (Wildman–Crippen LogP) is 2.64. The maximum atomic E-state index is 11.3. The van der Waals surface area contributed by atoms with Crippen molar-refractivity contribution in [2.45, 2.75) is 19.8 Å². The van der Waals surface area contributed by atoms with Crippen LogP contribution in [0, 0.1) is 0 Å². The van der Waals surface area contributed by atoms with Crippen molar-refractivity contribution in [2.75, 3.05) is 18.9 Å². The van der Waals surface area contributed by atoms with Crippen molar-refractivity contribution in [3.63, 3.8) is 0 Å². The fourth-order valence-electron chi connectivity index (χ4n) is 1.14. The molecule has 0 amide bonds. The fraction of sp³-hybridized carbons (Fsp3) is 0.417. The summed E-state index contributed by atoms with van der Waals surface area (Å²) in [6.45, 7) is 2.31. The van der Waals surface area contributed by atoms with E-state index in [1.54, 1.807) is 18.2 Å². The standard InChI is InChI=1S/C12H16ClNO3/c1-2-3-6-16-12(15)8-17-11-5-4-9(14)7-10(11)13/h4-5,7H,2-3,6,8,14H2,1H3. The van der Waals surface area contributed by atoms with Gasteiger partial charge in [-0.3, -0.25) is 0 Å². The molecular weight excluding hydrogens is 242 g/mol. The van der Waals surface area contributed by atoms with E-state index in [1.165, 1.54) is 0 Å². The van der Waals surface area contributed by atoms with Gasteiger partial charge in [-0.2, -0.15) is 0 Å². The summed E-state index contributed by atoms with van der Waals surface area (Å²) < 4.78 is 10.2. The first-order chi connectivity index (χ1) is 8.13. The second-order valence-electron chi connectivity index (χ2n) is 3.55. The molecule has 0 saturated heterocycles. The Bertz CT molecular complexity index is 382. The first-order valence-corrected chi connectivity index (χ1v) is 5.84. The molecule has 0 spiro atoms. The fourth-order valence-corrected chi connectivity index (χ4v) is 1.39. The van der Waals surface area contributed by atoms with E-state index in [2.05, 4.69) is 0 Å². The van der Waals surface area contributed by atoms with Crippen LogP contribution in [0.15, 0.2) is 18.2 Å². The Kier molecular flexibility index (Phi) is 5.63. The van der Waals surface area contributed by atoms with Crippen LogP contribution in [-0.2, 0) is 9.53 Å². The van der Waals surface area contributed by atoms with Gasteiger partial charge in [-0.15, -0.1) is 0 Å². The highest BCUT2D eigenvalue weighted by atomic mass is 35.5. The molecule has 1 aromatic rings. The van der Waals surface area contributed by atoms with Crippen LogP contribution in [0.4, 0.5) is 5.69 Å². The largest absolute Gasteiger partial charge is 0.480 e. The van der Waals surface area contributed by atoms with E-state index in [4.69, 9.17) is 26.8 Å². The average Bonchev–Trinajstić information content (AvgIpc) is 2.28. The van der Waals surface area contributed by atoms with Crippen molar-refractivity contribution >= 4 is 23.3 Å². The first kappa shape index (κ1) is 13.6. The van der Waals surface area contributed by atoms with Crippen molar-refractivity contribution in [3.05, 3.63) is 23.2 Å². The Morgan fingerprint density at radius 1 is 1.47 bits per heavy atom. The molecule has 0 radical (unpaired) electrons. The van der Waals surface area contributed by atoms with Gasteiger partial charge in [0.05, 0.1) is 11.6 Å². The number of hydrogen-bond acceptors (Lipinski definition) is 4. The van der Waals surface area contributed by atoms with E-state index in [9.17, 15) is 4.79 Å². The van der Waals surface area contributed by atoms with Gasteiger partial charge in [-0.1, -0.05) is 24.9 Å². The second-order valence-corrected chi connectivity index (χ2v) is 3.96. The third-order valence-electron chi connectivity index (χ3n) is 2.06. The molecular formula is C12H16ClNO3. The molecule has 0 unspecified atom stereocenters. The summed E-state index contributed by atoms with van der Waals surface area (Å²) in [7, 11) is 0. The molecule has 17 heavy (non-hydrogen) atoms. The van der Waals surface area contributed by atoms with Gasteiger partial charge in [-0.05, 0) is 24.6 Å². The monoisotopic (exact) mass is 257 g/mol. The molecule has 0 saturated carbocycles. The van der Waals surface area contributed by atoms with Gasteiger partial charge in [0, 0.05) is 5.69 Å². The molecule has 0 aliphatic carbocycles. The lowest BCUT2D eigenvalue weighted by Gasteiger charge is -2.08. The molecule has 0 aromatic heterocycles. The molecule has 0 heterocycles. The van der Waals surface area contributed by atoms with E-state index in [1.807, 2.05) is 6.92 Å². The van der Waals surface area contributed by atoms with E-state index in [-0.39, 0.29) is 6.61 Å². The van der Waals surface area contributed by atoms with Gasteiger partial charge in [-0.25, -0.2) is 4.79 Å². The topological polar surface area (TPSA) is 61.5 Å². The van der Waals surface area contributed by atoms with Crippen molar-refractivity contribution in [1.29, 1.82) is 0 Å². The number of unbranched alkanes of at least 4 members (excludes halogenated alkanes) is 1. The summed E-state index contributed by atoms with van der Waals surface area (Å²) in [5.74, 6) is 0.0275. The average molecular weight is 258 g/mol. The molecule has 0 aliphatic rings. The van der Waals surface area contributed by atoms with Crippen molar-refractivity contribution in [1.82, 2.24) is 0 Å². The molecule has 2 N–H and O–H groups in total. The van der Waals surface area contributed by atoms with Crippen molar-refractivity contribution in [2.24, 2.45) is 0 Å². The number of nitrogens with two attached hydrogens (primary N) is 1. The van der Waals surface area contributed by atoms with Gasteiger partial charge >= 0.3 is 5.97 Å². The lowest BCUT2D eigenvalue weighted by atomic mass is 10.3. The maximum absolute atomic E-state index is 11.3. The number of benzene rings is 1. The Balaban J connectivity index is 2.37. The normalized spacial score (nSPS) is 10.0. The number of carbonyl (C=O) groups excluding carboxylic acids is 1. The van der Waals surface area contributed by atoms with Crippen molar-refractivity contribution < 1.29 is 14.3 Å². The predicted molar refractivity (Wildman–Crippen MR) is 67.2 cm³/mol. The SMILES string of the molecule is CCCCOC(=O)COc1ccc(N)cc1Cl. The van der Waals surface area contributed by atoms with Crippen LogP contribution in [0.3, 0.4) is 0 Å². The number of halogens is 1. The summed E-state index contributed by atoms with van der Waals surface area (Å²) in [6.07, 6.45) is 1.84. The number of hydrogen-bond donors (Lipinski definition) is 1. The van der Waals surface area contributed by atoms with Crippen LogP contribution in [0.2, 0.25) is 5.02 Å². The summed E-state index contributed by atoms with van der Waals surface area (Å²) in [5.41, 5.74) is 6.08. The highest BCUT2D eigenvalue weighted by Crippen LogP contribution is 2.26. The minimum absolute atomic E-state index is 0.145. The molecule has 0 fully saturated rings. The van der Waals surface area contributed by atoms with Crippen molar-refractivity contribution in [3.8, 4) is 5.75 Å².